The van der Waals surface area contributed by atoms with Crippen LogP contribution in [0.3, 0.4) is 0 Å². The first kappa shape index (κ1) is 13.5. The summed E-state index contributed by atoms with van der Waals surface area (Å²) >= 11 is 0. The molecule has 1 saturated carbocycles. The predicted molar refractivity (Wildman–Crippen MR) is 82.8 cm³/mol. The van der Waals surface area contributed by atoms with Gasteiger partial charge >= 0.3 is 0 Å². The molecule has 1 aliphatic heterocycles. The molecule has 1 spiro atoms. The normalized spacial score (nSPS) is 19.4. The Kier molecular flexibility index (Phi) is 3.00. The van der Waals surface area contributed by atoms with E-state index in [4.69, 9.17) is 9.72 Å². The van der Waals surface area contributed by atoms with Crippen LogP contribution in [0.4, 0.5) is 5.95 Å². The Morgan fingerprint density at radius 3 is 2.77 bits per heavy atom. The fourth-order valence-electron chi connectivity index (χ4n) is 2.94. The van der Waals surface area contributed by atoms with E-state index >= 15 is 0 Å². The number of pyridine rings is 1. The molecule has 0 unspecified atom stereocenters. The van der Waals surface area contributed by atoms with Crippen LogP contribution in [0.5, 0.6) is 0 Å². The van der Waals surface area contributed by atoms with Crippen molar-refractivity contribution in [3.63, 3.8) is 0 Å². The van der Waals surface area contributed by atoms with Gasteiger partial charge in [0.25, 0.3) is 5.56 Å². The molecule has 2 aliphatic rings. The van der Waals surface area contributed by atoms with E-state index in [9.17, 15) is 4.79 Å². The first-order chi connectivity index (χ1) is 10.7. The molecule has 0 atom stereocenters. The number of anilines is 1. The lowest BCUT2D eigenvalue weighted by atomic mass is 10.2. The quantitative estimate of drug-likeness (QED) is 0.834. The highest BCUT2D eigenvalue weighted by Gasteiger charge is 2.48. The zero-order valence-corrected chi connectivity index (χ0v) is 12.5. The third-order valence-corrected chi connectivity index (χ3v) is 4.43. The Morgan fingerprint density at radius 1 is 1.27 bits per heavy atom. The zero-order chi connectivity index (χ0) is 15.2. The third kappa shape index (κ3) is 2.29. The molecule has 114 valence electrons. The van der Waals surface area contributed by atoms with Crippen molar-refractivity contribution in [1.29, 1.82) is 0 Å². The van der Waals surface area contributed by atoms with Gasteiger partial charge in [0.05, 0.1) is 17.9 Å². The predicted octanol–water partition coefficient (Wildman–Crippen LogP) is 1.21. The number of aromatic nitrogens is 3. The average molecular weight is 298 g/mol. The standard InChI is InChI=1S/C16H18N4O2/c1-19-14(21)10-13(12-2-6-17-7-3-12)18-15(19)20-8-9-22-16(11-20)4-5-16/h2-3,6-7,10H,4-5,8-9,11H2,1H3. The van der Waals surface area contributed by atoms with Gasteiger partial charge in [-0.25, -0.2) is 4.98 Å². The monoisotopic (exact) mass is 298 g/mol. The molecule has 0 bridgehead atoms. The van der Waals surface area contributed by atoms with Crippen LogP contribution >= 0.6 is 0 Å². The van der Waals surface area contributed by atoms with E-state index in [1.165, 1.54) is 0 Å². The smallest absolute Gasteiger partial charge is 0.255 e. The molecule has 0 amide bonds. The van der Waals surface area contributed by atoms with Crippen LogP contribution in [-0.4, -0.2) is 39.8 Å². The molecule has 2 aromatic heterocycles. The summed E-state index contributed by atoms with van der Waals surface area (Å²) in [5.74, 6) is 0.717. The van der Waals surface area contributed by atoms with Crippen LogP contribution < -0.4 is 10.5 Å². The van der Waals surface area contributed by atoms with Crippen LogP contribution in [0.25, 0.3) is 11.3 Å². The van der Waals surface area contributed by atoms with Gasteiger partial charge in [-0.2, -0.15) is 0 Å². The molecular formula is C16H18N4O2. The van der Waals surface area contributed by atoms with E-state index in [1.54, 1.807) is 30.1 Å². The summed E-state index contributed by atoms with van der Waals surface area (Å²) < 4.78 is 7.47. The van der Waals surface area contributed by atoms with E-state index in [0.29, 0.717) is 18.2 Å². The third-order valence-electron chi connectivity index (χ3n) is 4.43. The van der Waals surface area contributed by atoms with Gasteiger partial charge in [0.2, 0.25) is 5.95 Å². The van der Waals surface area contributed by atoms with Crippen LogP contribution in [0.1, 0.15) is 12.8 Å². The fourth-order valence-corrected chi connectivity index (χ4v) is 2.94. The zero-order valence-electron chi connectivity index (χ0n) is 12.5. The second-order valence-electron chi connectivity index (χ2n) is 6.03. The minimum absolute atomic E-state index is 0.00263. The van der Waals surface area contributed by atoms with Crippen LogP contribution in [-0.2, 0) is 11.8 Å². The van der Waals surface area contributed by atoms with Crippen molar-refractivity contribution in [2.24, 2.45) is 7.05 Å². The number of rotatable bonds is 2. The topological polar surface area (TPSA) is 60.2 Å². The van der Waals surface area contributed by atoms with Gasteiger partial charge in [0.15, 0.2) is 0 Å². The average Bonchev–Trinajstić information content (AvgIpc) is 3.29. The van der Waals surface area contributed by atoms with Crippen LogP contribution in [0.15, 0.2) is 35.4 Å². The Hall–Kier alpha value is -2.21. The molecular weight excluding hydrogens is 280 g/mol. The van der Waals surface area contributed by atoms with Gasteiger partial charge in [-0.15, -0.1) is 0 Å². The summed E-state index contributed by atoms with van der Waals surface area (Å²) in [6, 6.07) is 5.31. The lowest BCUT2D eigenvalue weighted by molar-refractivity contribution is 0.0198. The van der Waals surface area contributed by atoms with Crippen molar-refractivity contribution in [3.8, 4) is 11.3 Å². The minimum Gasteiger partial charge on any atom is -0.371 e. The van der Waals surface area contributed by atoms with E-state index in [2.05, 4.69) is 9.88 Å². The highest BCUT2D eigenvalue weighted by atomic mass is 16.5. The highest BCUT2D eigenvalue weighted by Crippen LogP contribution is 2.42. The molecule has 6 heteroatoms. The largest absolute Gasteiger partial charge is 0.371 e. The summed E-state index contributed by atoms with van der Waals surface area (Å²) in [5, 5.41) is 0. The van der Waals surface area contributed by atoms with Crippen molar-refractivity contribution in [2.75, 3.05) is 24.6 Å². The maximum atomic E-state index is 12.3. The van der Waals surface area contributed by atoms with Gasteiger partial charge in [0.1, 0.15) is 0 Å². The Labute approximate surface area is 128 Å². The van der Waals surface area contributed by atoms with Crippen molar-refractivity contribution in [1.82, 2.24) is 14.5 Å². The van der Waals surface area contributed by atoms with E-state index in [-0.39, 0.29) is 11.2 Å². The van der Waals surface area contributed by atoms with E-state index in [1.807, 2.05) is 12.1 Å². The summed E-state index contributed by atoms with van der Waals surface area (Å²) in [6.07, 6.45) is 5.62. The second-order valence-corrected chi connectivity index (χ2v) is 6.03. The minimum atomic E-state index is -0.0480. The fraction of sp³-hybridized carbons (Fsp3) is 0.438. The number of morpholine rings is 1. The van der Waals surface area contributed by atoms with Crippen LogP contribution in [0, 0.1) is 0 Å². The first-order valence-electron chi connectivity index (χ1n) is 7.54. The van der Waals surface area contributed by atoms with Gasteiger partial charge < -0.3 is 9.64 Å². The highest BCUT2D eigenvalue weighted by molar-refractivity contribution is 5.59. The molecule has 2 aromatic rings. The second kappa shape index (κ2) is 4.91. The summed E-state index contributed by atoms with van der Waals surface area (Å²) in [4.78, 5) is 23.2. The SMILES string of the molecule is Cn1c(N2CCOC3(CC3)C2)nc(-c2ccncc2)cc1=O. The number of hydrogen-bond acceptors (Lipinski definition) is 5. The molecule has 4 rings (SSSR count). The Bertz CT molecular complexity index is 752. The Morgan fingerprint density at radius 2 is 2.05 bits per heavy atom. The molecule has 2 fully saturated rings. The number of hydrogen-bond donors (Lipinski definition) is 0. The van der Waals surface area contributed by atoms with Gasteiger partial charge in [0, 0.05) is 44.2 Å². The van der Waals surface area contributed by atoms with E-state index in [0.717, 1.165) is 31.5 Å². The number of nitrogens with zero attached hydrogens (tertiary/aromatic N) is 4. The molecule has 1 saturated heterocycles. The summed E-state index contributed by atoms with van der Waals surface area (Å²) in [7, 11) is 1.77. The van der Waals surface area contributed by atoms with Crippen molar-refractivity contribution in [2.45, 2.75) is 18.4 Å². The molecule has 3 heterocycles. The lowest BCUT2D eigenvalue weighted by Gasteiger charge is -2.34. The summed E-state index contributed by atoms with van der Waals surface area (Å²) in [6.45, 7) is 2.27. The van der Waals surface area contributed by atoms with Crippen LogP contribution in [0.2, 0.25) is 0 Å². The molecule has 0 N–H and O–H groups in total. The molecule has 0 radical (unpaired) electrons. The Balaban J connectivity index is 1.75. The first-order valence-corrected chi connectivity index (χ1v) is 7.54. The van der Waals surface area contributed by atoms with Gasteiger partial charge in [-0.3, -0.25) is 14.3 Å². The van der Waals surface area contributed by atoms with Crippen molar-refractivity contribution in [3.05, 3.63) is 40.9 Å². The van der Waals surface area contributed by atoms with Gasteiger partial charge in [-0.05, 0) is 25.0 Å². The van der Waals surface area contributed by atoms with Crippen molar-refractivity contribution < 1.29 is 4.74 Å². The van der Waals surface area contributed by atoms with Crippen molar-refractivity contribution >= 4 is 5.95 Å². The lowest BCUT2D eigenvalue weighted by Crippen LogP contribution is -2.46. The molecule has 1 aliphatic carbocycles. The molecule has 6 nitrogen and oxygen atoms in total. The van der Waals surface area contributed by atoms with E-state index < -0.39 is 0 Å². The molecule has 22 heavy (non-hydrogen) atoms. The molecule has 0 aromatic carbocycles. The summed E-state index contributed by atoms with van der Waals surface area (Å²) in [5.41, 5.74) is 1.55. The maximum Gasteiger partial charge on any atom is 0.255 e. The van der Waals surface area contributed by atoms with Gasteiger partial charge in [-0.1, -0.05) is 0 Å². The maximum absolute atomic E-state index is 12.3. The number of ether oxygens (including phenoxy) is 1.